The molecule has 0 atom stereocenters. The van der Waals surface area contributed by atoms with Crippen molar-refractivity contribution in [2.45, 2.75) is 6.54 Å². The zero-order valence-corrected chi connectivity index (χ0v) is 8.70. The first-order valence-electron chi connectivity index (χ1n) is 5.28. The van der Waals surface area contributed by atoms with E-state index in [0.29, 0.717) is 5.69 Å². The van der Waals surface area contributed by atoms with Gasteiger partial charge in [0, 0.05) is 54.9 Å². The predicted molar refractivity (Wildman–Crippen MR) is 58.6 cm³/mol. The summed E-state index contributed by atoms with van der Waals surface area (Å²) in [6.07, 6.45) is 0. The number of hydrogen-bond donors (Lipinski definition) is 2. The maximum Gasteiger partial charge on any atom is 0.253 e. The minimum atomic E-state index is 0.624. The molecule has 2 rings (SSSR count). The normalized spacial score (nSPS) is 17.6. The van der Waals surface area contributed by atoms with Crippen LogP contribution in [0, 0.1) is 4.91 Å². The zero-order chi connectivity index (χ0) is 10.5. The van der Waals surface area contributed by atoms with Crippen LogP contribution in [-0.2, 0) is 6.54 Å². The first kappa shape index (κ1) is 10.3. The lowest BCUT2D eigenvalue weighted by atomic mass is 10.2. The fourth-order valence-electron chi connectivity index (χ4n) is 1.81. The largest absolute Gasteiger partial charge is 0.314 e. The molecule has 0 bridgehead atoms. The second-order valence-electron chi connectivity index (χ2n) is 3.83. The Bertz CT molecular complexity index is 317. The van der Waals surface area contributed by atoms with E-state index in [9.17, 15) is 4.91 Å². The van der Waals surface area contributed by atoms with Gasteiger partial charge in [-0.2, -0.15) is 0 Å². The van der Waals surface area contributed by atoms with Crippen LogP contribution in [0.1, 0.15) is 5.56 Å². The summed E-state index contributed by atoms with van der Waals surface area (Å²) in [6, 6.07) is 7.65. The Balaban J connectivity index is 1.94. The third-order valence-corrected chi connectivity index (χ3v) is 2.69. The molecule has 4 heteroatoms. The van der Waals surface area contributed by atoms with E-state index in [-0.39, 0.29) is 0 Å². The van der Waals surface area contributed by atoms with Gasteiger partial charge in [0.15, 0.2) is 0 Å². The molecule has 1 heterocycles. The van der Waals surface area contributed by atoms with Gasteiger partial charge in [-0.05, 0) is 5.56 Å². The summed E-state index contributed by atoms with van der Waals surface area (Å²) < 4.78 is 0. The maximum atomic E-state index is 10.4. The molecule has 4 nitrogen and oxygen atoms in total. The molecule has 0 amide bonds. The van der Waals surface area contributed by atoms with Crippen LogP contribution in [0.25, 0.3) is 0 Å². The highest BCUT2D eigenvalue weighted by atomic mass is 16.3. The van der Waals surface area contributed by atoms with Crippen molar-refractivity contribution in [2.75, 3.05) is 26.2 Å². The highest BCUT2D eigenvalue weighted by molar-refractivity contribution is 5.31. The summed E-state index contributed by atoms with van der Waals surface area (Å²) >= 11 is 0. The van der Waals surface area contributed by atoms with Crippen LogP contribution in [-0.4, -0.2) is 31.1 Å². The summed E-state index contributed by atoms with van der Waals surface area (Å²) in [5, 5.41) is 5.21. The van der Waals surface area contributed by atoms with E-state index in [1.807, 2.05) is 29.4 Å². The van der Waals surface area contributed by atoms with Crippen molar-refractivity contribution in [3.63, 3.8) is 0 Å². The van der Waals surface area contributed by atoms with Gasteiger partial charge in [-0.15, -0.1) is 0 Å². The standard InChI is InChI=1S/C11H15N3O/c15-13-11-3-1-10(2-4-11)9-14-7-5-12-6-8-14/h1-4,12H,5-9H2/p+1. The minimum absolute atomic E-state index is 0.624. The summed E-state index contributed by atoms with van der Waals surface area (Å²) in [4.78, 5) is 12.8. The Morgan fingerprint density at radius 1 is 1.20 bits per heavy atom. The van der Waals surface area contributed by atoms with Crippen molar-refractivity contribution in [1.82, 2.24) is 10.2 Å². The van der Waals surface area contributed by atoms with E-state index in [1.165, 1.54) is 5.56 Å². The van der Waals surface area contributed by atoms with Crippen molar-refractivity contribution >= 4 is 5.69 Å². The van der Waals surface area contributed by atoms with Crippen LogP contribution < -0.4 is 10.5 Å². The molecule has 0 aromatic heterocycles. The zero-order valence-electron chi connectivity index (χ0n) is 8.70. The molecule has 1 saturated heterocycles. The quantitative estimate of drug-likeness (QED) is 0.705. The fraction of sp³-hybridized carbons (Fsp3) is 0.455. The van der Waals surface area contributed by atoms with Gasteiger partial charge in [0.05, 0.1) is 0 Å². The van der Waals surface area contributed by atoms with Crippen molar-refractivity contribution in [1.29, 1.82) is 0 Å². The number of nitroso groups, excluding NO2 is 1. The van der Waals surface area contributed by atoms with Gasteiger partial charge in [0.2, 0.25) is 0 Å². The summed E-state index contributed by atoms with van der Waals surface area (Å²) in [5.41, 5.74) is 1.88. The lowest BCUT2D eigenvalue weighted by Crippen LogP contribution is -2.55. The topological polar surface area (TPSA) is 46.3 Å². The van der Waals surface area contributed by atoms with Gasteiger partial charge in [-0.25, -0.2) is 0 Å². The maximum absolute atomic E-state index is 10.4. The summed E-state index contributed by atoms with van der Waals surface area (Å²) in [6.45, 7) is 5.31. The third kappa shape index (κ3) is 2.84. The second kappa shape index (κ2) is 5.00. The molecule has 1 fully saturated rings. The Labute approximate surface area is 89.3 Å². The van der Waals surface area contributed by atoms with Gasteiger partial charge in [0.1, 0.15) is 0 Å². The van der Waals surface area contributed by atoms with E-state index in [0.717, 1.165) is 32.7 Å². The molecule has 0 aliphatic carbocycles. The summed E-state index contributed by atoms with van der Waals surface area (Å²) in [5.74, 6) is 0. The smallest absolute Gasteiger partial charge is 0.253 e. The molecule has 0 saturated carbocycles. The van der Waals surface area contributed by atoms with Gasteiger partial charge >= 0.3 is 0 Å². The van der Waals surface area contributed by atoms with E-state index >= 15 is 0 Å². The average Bonchev–Trinajstić information content (AvgIpc) is 2.31. The van der Waals surface area contributed by atoms with Gasteiger partial charge in [-0.1, -0.05) is 12.1 Å². The molecular formula is C11H16N3O+. The van der Waals surface area contributed by atoms with Crippen molar-refractivity contribution < 1.29 is 5.18 Å². The predicted octanol–water partition coefficient (Wildman–Crippen LogP) is -0.430. The number of benzene rings is 1. The first-order valence-corrected chi connectivity index (χ1v) is 5.28. The molecule has 15 heavy (non-hydrogen) atoms. The van der Waals surface area contributed by atoms with Gasteiger partial charge < -0.3 is 5.32 Å². The molecule has 0 radical (unpaired) electrons. The molecule has 1 aromatic carbocycles. The summed E-state index contributed by atoms with van der Waals surface area (Å²) in [7, 11) is 0. The molecule has 2 N–H and O–H groups in total. The van der Waals surface area contributed by atoms with Crippen molar-refractivity contribution in [3.05, 3.63) is 34.7 Å². The second-order valence-corrected chi connectivity index (χ2v) is 3.83. The van der Waals surface area contributed by atoms with Crippen molar-refractivity contribution in [3.8, 4) is 0 Å². The van der Waals surface area contributed by atoms with E-state index in [1.54, 1.807) is 0 Å². The fourth-order valence-corrected chi connectivity index (χ4v) is 1.81. The Kier molecular flexibility index (Phi) is 3.42. The number of rotatable bonds is 3. The highest BCUT2D eigenvalue weighted by Crippen LogP contribution is 2.08. The molecule has 0 unspecified atom stereocenters. The van der Waals surface area contributed by atoms with E-state index in [4.69, 9.17) is 0 Å². The molecule has 1 aromatic rings. The molecule has 0 spiro atoms. The van der Waals surface area contributed by atoms with Crippen LogP contribution in [0.5, 0.6) is 0 Å². The number of hydrogen-bond acceptors (Lipinski definition) is 3. The molecule has 1 aliphatic rings. The van der Waals surface area contributed by atoms with Crippen LogP contribution >= 0.6 is 0 Å². The van der Waals surface area contributed by atoms with Crippen LogP contribution in [0.3, 0.4) is 0 Å². The average molecular weight is 206 g/mol. The third-order valence-electron chi connectivity index (χ3n) is 2.69. The molecular weight excluding hydrogens is 190 g/mol. The van der Waals surface area contributed by atoms with Crippen LogP contribution in [0.15, 0.2) is 24.3 Å². The number of nitrogens with one attached hydrogen (secondary N) is 2. The number of piperazine rings is 1. The van der Waals surface area contributed by atoms with Gasteiger partial charge in [-0.3, -0.25) is 4.90 Å². The molecule has 80 valence electrons. The number of nitrogens with zero attached hydrogens (tertiary/aromatic N) is 1. The minimum Gasteiger partial charge on any atom is -0.314 e. The lowest BCUT2D eigenvalue weighted by molar-refractivity contribution is -0.379. The first-order chi connectivity index (χ1) is 7.38. The molecule has 1 aliphatic heterocycles. The Hall–Kier alpha value is -1.26. The van der Waals surface area contributed by atoms with E-state index in [2.05, 4.69) is 10.2 Å². The van der Waals surface area contributed by atoms with Gasteiger partial charge in [0.25, 0.3) is 5.69 Å². The van der Waals surface area contributed by atoms with Crippen LogP contribution in [0.2, 0.25) is 0 Å². The Morgan fingerprint density at radius 2 is 1.87 bits per heavy atom. The highest BCUT2D eigenvalue weighted by Gasteiger charge is 2.09. The Morgan fingerprint density at radius 3 is 2.47 bits per heavy atom. The van der Waals surface area contributed by atoms with E-state index < -0.39 is 0 Å². The van der Waals surface area contributed by atoms with Crippen molar-refractivity contribution in [2.24, 2.45) is 0 Å². The SMILES string of the molecule is O=[NH+]c1ccc(CN2CCNCC2)cc1. The van der Waals surface area contributed by atoms with Crippen LogP contribution in [0.4, 0.5) is 5.69 Å². The lowest BCUT2D eigenvalue weighted by Gasteiger charge is -2.27. The monoisotopic (exact) mass is 206 g/mol.